The molecule has 0 unspecified atom stereocenters. The number of urea groups is 1. The Labute approximate surface area is 221 Å². The predicted octanol–water partition coefficient (Wildman–Crippen LogP) is 6.00. The van der Waals surface area contributed by atoms with Crippen molar-refractivity contribution in [3.8, 4) is 0 Å². The summed E-state index contributed by atoms with van der Waals surface area (Å²) in [5.74, 6) is 0.805. The lowest BCUT2D eigenvalue weighted by Gasteiger charge is -2.31. The maximum Gasteiger partial charge on any atom is 0.324 e. The SMILES string of the molecule is C/C=C\CN1CCN(C)CC1.C=C/C=C/Nc1cc(NC(=O)Nc2cc(Cl)c(Cl)cc2Cl)ncn1. The fourth-order valence-electron chi connectivity index (χ4n) is 2.88. The van der Waals surface area contributed by atoms with Crippen LogP contribution in [0.1, 0.15) is 6.92 Å². The van der Waals surface area contributed by atoms with Crippen LogP contribution in [0.2, 0.25) is 15.1 Å². The Morgan fingerprint density at radius 1 is 1.03 bits per heavy atom. The first kappa shape index (κ1) is 28.6. The monoisotopic (exact) mass is 537 g/mol. The Bertz CT molecular complexity index is 1040. The third kappa shape index (κ3) is 10.7. The first-order valence-corrected chi connectivity index (χ1v) is 12.1. The van der Waals surface area contributed by atoms with Crippen molar-refractivity contribution in [1.82, 2.24) is 19.8 Å². The molecule has 1 fully saturated rings. The van der Waals surface area contributed by atoms with E-state index in [9.17, 15) is 4.79 Å². The van der Waals surface area contributed by atoms with E-state index in [4.69, 9.17) is 34.8 Å². The highest BCUT2D eigenvalue weighted by Crippen LogP contribution is 2.32. The van der Waals surface area contributed by atoms with Crippen LogP contribution in [0, 0.1) is 0 Å². The van der Waals surface area contributed by atoms with E-state index in [1.807, 2.05) is 0 Å². The summed E-state index contributed by atoms with van der Waals surface area (Å²) in [6.45, 7) is 11.6. The van der Waals surface area contributed by atoms with Gasteiger partial charge in [0.2, 0.25) is 0 Å². The van der Waals surface area contributed by atoms with E-state index < -0.39 is 6.03 Å². The normalized spacial score (nSPS) is 14.4. The molecule has 3 rings (SSSR count). The largest absolute Gasteiger partial charge is 0.347 e. The van der Waals surface area contributed by atoms with Gasteiger partial charge in [-0.25, -0.2) is 14.8 Å². The van der Waals surface area contributed by atoms with E-state index in [2.05, 4.69) is 68.4 Å². The van der Waals surface area contributed by atoms with Crippen molar-refractivity contribution >= 4 is 58.2 Å². The summed E-state index contributed by atoms with van der Waals surface area (Å²) in [6.07, 6.45) is 10.6. The van der Waals surface area contributed by atoms with Crippen molar-refractivity contribution in [2.45, 2.75) is 6.92 Å². The fraction of sp³-hybridized carbons (Fsp3) is 0.292. The Hall–Kier alpha value is -2.62. The molecule has 0 saturated carbocycles. The van der Waals surface area contributed by atoms with Crippen molar-refractivity contribution in [3.05, 3.63) is 76.7 Å². The Morgan fingerprint density at radius 3 is 2.40 bits per heavy atom. The highest BCUT2D eigenvalue weighted by atomic mass is 35.5. The van der Waals surface area contributed by atoms with Crippen LogP contribution < -0.4 is 16.0 Å². The molecule has 0 atom stereocenters. The average molecular weight is 539 g/mol. The summed E-state index contributed by atoms with van der Waals surface area (Å²) in [4.78, 5) is 24.9. The number of aromatic nitrogens is 2. The zero-order valence-corrected chi connectivity index (χ0v) is 22.0. The van der Waals surface area contributed by atoms with E-state index in [1.54, 1.807) is 24.4 Å². The van der Waals surface area contributed by atoms with Crippen LogP contribution in [-0.2, 0) is 0 Å². The third-order valence-electron chi connectivity index (χ3n) is 4.83. The predicted molar refractivity (Wildman–Crippen MR) is 148 cm³/mol. The lowest BCUT2D eigenvalue weighted by molar-refractivity contribution is 0.166. The molecule has 8 nitrogen and oxygen atoms in total. The van der Waals surface area contributed by atoms with Gasteiger partial charge in [0.15, 0.2) is 0 Å². The van der Waals surface area contributed by atoms with Crippen molar-refractivity contribution in [2.24, 2.45) is 0 Å². The second-order valence-electron chi connectivity index (χ2n) is 7.53. The van der Waals surface area contributed by atoms with Crippen LogP contribution in [-0.4, -0.2) is 65.6 Å². The van der Waals surface area contributed by atoms with Crippen LogP contribution >= 0.6 is 34.8 Å². The van der Waals surface area contributed by atoms with Crippen LogP contribution in [0.25, 0.3) is 0 Å². The van der Waals surface area contributed by atoms with Crippen LogP contribution in [0.3, 0.4) is 0 Å². The molecule has 1 aromatic carbocycles. The second kappa shape index (κ2) is 15.4. The van der Waals surface area contributed by atoms with Gasteiger partial charge in [-0.1, -0.05) is 59.6 Å². The van der Waals surface area contributed by atoms with Crippen molar-refractivity contribution in [2.75, 3.05) is 55.7 Å². The van der Waals surface area contributed by atoms with Gasteiger partial charge in [0.25, 0.3) is 0 Å². The summed E-state index contributed by atoms with van der Waals surface area (Å²) in [5.41, 5.74) is 0.324. The number of likely N-dealkylation sites (N-methyl/N-ethyl adjacent to an activating group) is 1. The number of rotatable bonds is 7. The Balaban J connectivity index is 0.000000328. The minimum absolute atomic E-state index is 0.263. The summed E-state index contributed by atoms with van der Waals surface area (Å²) in [6, 6.07) is 3.92. The molecule has 1 aliphatic heterocycles. The molecule has 188 valence electrons. The molecule has 11 heteroatoms. The quantitative estimate of drug-likeness (QED) is 0.228. The number of nitrogens with zero attached hydrogens (tertiary/aromatic N) is 4. The molecule has 0 bridgehead atoms. The minimum Gasteiger partial charge on any atom is -0.347 e. The Kier molecular flexibility index (Phi) is 12.6. The topological polar surface area (TPSA) is 85.4 Å². The summed E-state index contributed by atoms with van der Waals surface area (Å²) < 4.78 is 0. The van der Waals surface area contributed by atoms with Crippen LogP contribution in [0.15, 0.2) is 61.6 Å². The number of hydrogen-bond donors (Lipinski definition) is 3. The smallest absolute Gasteiger partial charge is 0.324 e. The maximum atomic E-state index is 12.0. The van der Waals surface area contributed by atoms with Gasteiger partial charge in [-0.3, -0.25) is 10.2 Å². The standard InChI is InChI=1S/C15H12Cl3N5O.C9H18N2/c1-2-3-4-19-13-7-14(21-8-20-13)23-15(24)22-12-6-10(17)9(16)5-11(12)18;1-3-4-5-11-8-6-10(2)7-9-11/h2-8H,1H2,(H3,19,20,21,22,23,24);3-4H,5-9H2,1-2H3/b4-3+;4-3-. The van der Waals surface area contributed by atoms with Gasteiger partial charge < -0.3 is 15.5 Å². The average Bonchev–Trinajstić information content (AvgIpc) is 2.83. The van der Waals surface area contributed by atoms with Gasteiger partial charge in [-0.2, -0.15) is 0 Å². The molecule has 0 spiro atoms. The molecule has 0 aliphatic carbocycles. The molecular formula is C24H30Cl3N7O. The van der Waals surface area contributed by atoms with Gasteiger partial charge in [-0.15, -0.1) is 0 Å². The highest BCUT2D eigenvalue weighted by molar-refractivity contribution is 6.44. The highest BCUT2D eigenvalue weighted by Gasteiger charge is 2.12. The first-order chi connectivity index (χ1) is 16.8. The zero-order valence-electron chi connectivity index (χ0n) is 19.8. The molecule has 3 N–H and O–H groups in total. The Morgan fingerprint density at radius 2 is 1.71 bits per heavy atom. The molecular weight excluding hydrogens is 509 g/mol. The van der Waals surface area contributed by atoms with Crippen molar-refractivity contribution < 1.29 is 4.79 Å². The summed E-state index contributed by atoms with van der Waals surface area (Å²) >= 11 is 17.8. The summed E-state index contributed by atoms with van der Waals surface area (Å²) in [7, 11) is 2.19. The van der Waals surface area contributed by atoms with E-state index in [1.165, 1.54) is 44.6 Å². The van der Waals surface area contributed by atoms with E-state index in [-0.39, 0.29) is 10.0 Å². The second-order valence-corrected chi connectivity index (χ2v) is 8.75. The molecule has 2 heterocycles. The number of piperazine rings is 1. The lowest BCUT2D eigenvalue weighted by atomic mass is 10.3. The van der Waals surface area contributed by atoms with Gasteiger partial charge in [0, 0.05) is 45.0 Å². The molecule has 2 aromatic rings. The van der Waals surface area contributed by atoms with Gasteiger partial charge in [0.1, 0.15) is 18.0 Å². The number of carbonyl (C=O) groups is 1. The number of halogens is 3. The maximum absolute atomic E-state index is 12.0. The third-order valence-corrected chi connectivity index (χ3v) is 5.86. The number of benzene rings is 1. The van der Waals surface area contributed by atoms with E-state index in [0.717, 1.165) is 6.54 Å². The zero-order chi connectivity index (χ0) is 25.6. The van der Waals surface area contributed by atoms with E-state index in [0.29, 0.717) is 22.3 Å². The molecule has 35 heavy (non-hydrogen) atoms. The van der Waals surface area contributed by atoms with Crippen molar-refractivity contribution in [3.63, 3.8) is 0 Å². The van der Waals surface area contributed by atoms with E-state index >= 15 is 0 Å². The molecule has 1 saturated heterocycles. The number of allylic oxidation sites excluding steroid dienone is 3. The molecule has 2 amide bonds. The van der Waals surface area contributed by atoms with Gasteiger partial charge >= 0.3 is 6.03 Å². The summed E-state index contributed by atoms with van der Waals surface area (Å²) in [5, 5.41) is 8.87. The molecule has 1 aliphatic rings. The molecule has 0 radical (unpaired) electrons. The van der Waals surface area contributed by atoms with Crippen molar-refractivity contribution in [1.29, 1.82) is 0 Å². The number of nitrogens with one attached hydrogen (secondary N) is 3. The number of carbonyl (C=O) groups excluding carboxylic acids is 1. The van der Waals surface area contributed by atoms with Gasteiger partial charge in [-0.05, 0) is 32.2 Å². The number of amides is 2. The first-order valence-electron chi connectivity index (χ1n) is 10.9. The minimum atomic E-state index is -0.540. The number of hydrogen-bond acceptors (Lipinski definition) is 6. The van der Waals surface area contributed by atoms with Crippen LogP contribution in [0.5, 0.6) is 0 Å². The lowest BCUT2D eigenvalue weighted by Crippen LogP contribution is -2.44. The van der Waals surface area contributed by atoms with Gasteiger partial charge in [0.05, 0.1) is 20.8 Å². The molecule has 1 aromatic heterocycles. The number of anilines is 3. The van der Waals surface area contributed by atoms with Crippen LogP contribution in [0.4, 0.5) is 22.1 Å². The fourth-order valence-corrected chi connectivity index (χ4v) is 3.47.